The van der Waals surface area contributed by atoms with Crippen LogP contribution in [0.3, 0.4) is 0 Å². The summed E-state index contributed by atoms with van der Waals surface area (Å²) in [5.41, 5.74) is 2.10. The van der Waals surface area contributed by atoms with Gasteiger partial charge in [-0.2, -0.15) is 0 Å². The lowest BCUT2D eigenvalue weighted by atomic mass is 10.1. The zero-order valence-electron chi connectivity index (χ0n) is 11.4. The Labute approximate surface area is 114 Å². The van der Waals surface area contributed by atoms with E-state index in [1.807, 2.05) is 24.3 Å². The van der Waals surface area contributed by atoms with Crippen LogP contribution in [0.2, 0.25) is 0 Å². The van der Waals surface area contributed by atoms with Gasteiger partial charge in [-0.25, -0.2) is 0 Å². The summed E-state index contributed by atoms with van der Waals surface area (Å²) in [6.07, 6.45) is 3.04. The van der Waals surface area contributed by atoms with Gasteiger partial charge in [-0.15, -0.1) is 0 Å². The van der Waals surface area contributed by atoms with Gasteiger partial charge in [0.05, 0.1) is 13.2 Å². The molecule has 1 aliphatic heterocycles. The molecule has 0 unspecified atom stereocenters. The van der Waals surface area contributed by atoms with Crippen LogP contribution in [0.4, 0.5) is 5.69 Å². The van der Waals surface area contributed by atoms with Gasteiger partial charge in [-0.3, -0.25) is 9.69 Å². The molecule has 0 aromatic heterocycles. The average molecular weight is 262 g/mol. The largest absolute Gasteiger partial charge is 0.395 e. The standard InChI is InChI=1S/C15H22N2O2/c1-2-12-5-7-13(8-6-12)16-15(19)10-17-9-3-4-14(17)11-18/h5-8,14,18H,2-4,9-11H2,1H3,(H,16,19)/t14-/m0/s1. The molecule has 1 heterocycles. The number of hydrogen-bond donors (Lipinski definition) is 2. The van der Waals surface area contributed by atoms with Gasteiger partial charge < -0.3 is 10.4 Å². The van der Waals surface area contributed by atoms with E-state index in [1.165, 1.54) is 5.56 Å². The first kappa shape index (κ1) is 14.0. The summed E-state index contributed by atoms with van der Waals surface area (Å²) in [6.45, 7) is 3.50. The summed E-state index contributed by atoms with van der Waals surface area (Å²) in [5, 5.41) is 12.1. The molecule has 1 fully saturated rings. The lowest BCUT2D eigenvalue weighted by Gasteiger charge is -2.21. The van der Waals surface area contributed by atoms with Gasteiger partial charge >= 0.3 is 0 Å². The van der Waals surface area contributed by atoms with Crippen LogP contribution in [0.15, 0.2) is 24.3 Å². The monoisotopic (exact) mass is 262 g/mol. The number of benzene rings is 1. The average Bonchev–Trinajstić information content (AvgIpc) is 2.86. The Morgan fingerprint density at radius 3 is 2.79 bits per heavy atom. The van der Waals surface area contributed by atoms with Gasteiger partial charge in [0, 0.05) is 11.7 Å². The molecule has 0 bridgehead atoms. The highest BCUT2D eigenvalue weighted by atomic mass is 16.3. The van der Waals surface area contributed by atoms with Crippen molar-refractivity contribution >= 4 is 11.6 Å². The number of aliphatic hydroxyl groups is 1. The number of rotatable bonds is 5. The fourth-order valence-electron chi connectivity index (χ4n) is 2.52. The third-order valence-corrected chi connectivity index (χ3v) is 3.70. The molecule has 4 heteroatoms. The fourth-order valence-corrected chi connectivity index (χ4v) is 2.52. The molecule has 0 spiro atoms. The molecule has 0 saturated carbocycles. The summed E-state index contributed by atoms with van der Waals surface area (Å²) in [6, 6.07) is 8.08. The van der Waals surface area contributed by atoms with Crippen molar-refractivity contribution in [3.63, 3.8) is 0 Å². The van der Waals surface area contributed by atoms with Gasteiger partial charge in [-0.05, 0) is 43.5 Å². The van der Waals surface area contributed by atoms with Crippen molar-refractivity contribution in [2.75, 3.05) is 25.0 Å². The molecule has 1 aliphatic rings. The zero-order valence-corrected chi connectivity index (χ0v) is 11.4. The van der Waals surface area contributed by atoms with Crippen molar-refractivity contribution in [1.82, 2.24) is 4.90 Å². The second kappa shape index (κ2) is 6.68. The predicted molar refractivity (Wildman–Crippen MR) is 76.1 cm³/mol. The zero-order chi connectivity index (χ0) is 13.7. The first-order chi connectivity index (χ1) is 9.22. The third-order valence-electron chi connectivity index (χ3n) is 3.70. The molecule has 1 aromatic carbocycles. The Kier molecular flexibility index (Phi) is 4.93. The molecule has 104 valence electrons. The smallest absolute Gasteiger partial charge is 0.238 e. The van der Waals surface area contributed by atoms with Crippen LogP contribution in [0.5, 0.6) is 0 Å². The number of aliphatic hydroxyl groups excluding tert-OH is 1. The lowest BCUT2D eigenvalue weighted by molar-refractivity contribution is -0.117. The topological polar surface area (TPSA) is 52.6 Å². The summed E-state index contributed by atoms with van der Waals surface area (Å²) >= 11 is 0. The minimum atomic E-state index is -0.00963. The highest BCUT2D eigenvalue weighted by molar-refractivity contribution is 5.92. The summed E-state index contributed by atoms with van der Waals surface area (Å²) in [7, 11) is 0. The number of aryl methyl sites for hydroxylation is 1. The number of nitrogens with one attached hydrogen (secondary N) is 1. The maximum absolute atomic E-state index is 11.9. The van der Waals surface area contributed by atoms with Crippen molar-refractivity contribution in [3.8, 4) is 0 Å². The van der Waals surface area contributed by atoms with Crippen LogP contribution >= 0.6 is 0 Å². The van der Waals surface area contributed by atoms with E-state index in [0.717, 1.165) is 31.5 Å². The van der Waals surface area contributed by atoms with E-state index in [2.05, 4.69) is 17.1 Å². The third kappa shape index (κ3) is 3.78. The van der Waals surface area contributed by atoms with Crippen LogP contribution in [0, 0.1) is 0 Å². The summed E-state index contributed by atoms with van der Waals surface area (Å²) < 4.78 is 0. The number of amides is 1. The molecule has 19 heavy (non-hydrogen) atoms. The quantitative estimate of drug-likeness (QED) is 0.848. The van der Waals surface area contributed by atoms with Crippen molar-refractivity contribution in [3.05, 3.63) is 29.8 Å². The number of carbonyl (C=O) groups is 1. The van der Waals surface area contributed by atoms with Gasteiger partial charge in [-0.1, -0.05) is 19.1 Å². The van der Waals surface area contributed by atoms with Crippen LogP contribution in [0.1, 0.15) is 25.3 Å². The van der Waals surface area contributed by atoms with E-state index in [4.69, 9.17) is 0 Å². The van der Waals surface area contributed by atoms with E-state index < -0.39 is 0 Å². The molecule has 2 rings (SSSR count). The highest BCUT2D eigenvalue weighted by Gasteiger charge is 2.25. The minimum absolute atomic E-state index is 0.00963. The fraction of sp³-hybridized carbons (Fsp3) is 0.533. The predicted octanol–water partition coefficient (Wildman–Crippen LogP) is 1.64. The van der Waals surface area contributed by atoms with Crippen molar-refractivity contribution in [2.45, 2.75) is 32.2 Å². The molecular formula is C15H22N2O2. The van der Waals surface area contributed by atoms with Gasteiger partial charge in [0.1, 0.15) is 0 Å². The minimum Gasteiger partial charge on any atom is -0.395 e. The number of carbonyl (C=O) groups excluding carboxylic acids is 1. The first-order valence-electron chi connectivity index (χ1n) is 6.96. The second-order valence-electron chi connectivity index (χ2n) is 5.05. The number of hydrogen-bond acceptors (Lipinski definition) is 3. The van der Waals surface area contributed by atoms with Gasteiger partial charge in [0.2, 0.25) is 5.91 Å². The van der Waals surface area contributed by atoms with Crippen LogP contribution in [-0.4, -0.2) is 41.7 Å². The molecular weight excluding hydrogens is 240 g/mol. The SMILES string of the molecule is CCc1ccc(NC(=O)CN2CCC[C@H]2CO)cc1. The summed E-state index contributed by atoms with van der Waals surface area (Å²) in [5.74, 6) is -0.00963. The Bertz CT molecular complexity index is 417. The molecule has 1 saturated heterocycles. The number of anilines is 1. The van der Waals surface area contributed by atoms with Crippen LogP contribution in [0.25, 0.3) is 0 Å². The first-order valence-corrected chi connectivity index (χ1v) is 6.96. The van der Waals surface area contributed by atoms with E-state index in [1.54, 1.807) is 0 Å². The lowest BCUT2D eigenvalue weighted by Crippen LogP contribution is -2.38. The molecule has 1 aromatic rings. The molecule has 0 radical (unpaired) electrons. The Morgan fingerprint density at radius 1 is 1.42 bits per heavy atom. The molecule has 1 amide bonds. The molecule has 2 N–H and O–H groups in total. The maximum atomic E-state index is 11.9. The number of nitrogens with zero attached hydrogens (tertiary/aromatic N) is 1. The number of likely N-dealkylation sites (tertiary alicyclic amines) is 1. The van der Waals surface area contributed by atoms with Gasteiger partial charge in [0.25, 0.3) is 0 Å². The van der Waals surface area contributed by atoms with E-state index >= 15 is 0 Å². The van der Waals surface area contributed by atoms with Crippen molar-refractivity contribution < 1.29 is 9.90 Å². The van der Waals surface area contributed by atoms with Crippen LogP contribution < -0.4 is 5.32 Å². The Morgan fingerprint density at radius 2 is 2.16 bits per heavy atom. The van der Waals surface area contributed by atoms with E-state index in [9.17, 15) is 9.90 Å². The maximum Gasteiger partial charge on any atom is 0.238 e. The Balaban J connectivity index is 1.86. The van der Waals surface area contributed by atoms with Crippen LogP contribution in [-0.2, 0) is 11.2 Å². The van der Waals surface area contributed by atoms with Gasteiger partial charge in [0.15, 0.2) is 0 Å². The normalized spacial score (nSPS) is 19.6. The second-order valence-corrected chi connectivity index (χ2v) is 5.05. The molecule has 0 aliphatic carbocycles. The molecule has 1 atom stereocenters. The van der Waals surface area contributed by atoms with Crippen molar-refractivity contribution in [1.29, 1.82) is 0 Å². The highest BCUT2D eigenvalue weighted by Crippen LogP contribution is 2.16. The van der Waals surface area contributed by atoms with E-state index in [0.29, 0.717) is 6.54 Å². The molecule has 4 nitrogen and oxygen atoms in total. The van der Waals surface area contributed by atoms with E-state index in [-0.39, 0.29) is 18.6 Å². The van der Waals surface area contributed by atoms with Crippen molar-refractivity contribution in [2.24, 2.45) is 0 Å². The Hall–Kier alpha value is -1.39. The summed E-state index contributed by atoms with van der Waals surface area (Å²) in [4.78, 5) is 14.0.